The summed E-state index contributed by atoms with van der Waals surface area (Å²) < 4.78 is 0. The first-order valence-corrected chi connectivity index (χ1v) is 14.1. The Morgan fingerprint density at radius 2 is 1.42 bits per heavy atom. The van der Waals surface area contributed by atoms with Gasteiger partial charge in [-0.25, -0.2) is 0 Å². The fraction of sp³-hybridized carbons (Fsp3) is 0.353. The smallest absolute Gasteiger partial charge is 0.154 e. The highest BCUT2D eigenvalue weighted by Crippen LogP contribution is 2.32. The molecule has 0 amide bonds. The van der Waals surface area contributed by atoms with Crippen molar-refractivity contribution in [3.05, 3.63) is 102 Å². The molecular weight excluding hydrogens is 466 g/mol. The number of benzene rings is 1. The number of hydrogen-bond acceptors (Lipinski definition) is 4. The van der Waals surface area contributed by atoms with E-state index in [0.717, 1.165) is 17.1 Å². The molecule has 1 aromatic carbocycles. The Labute approximate surface area is 228 Å². The largest absolute Gasteiger partial charge is 0.507 e. The van der Waals surface area contributed by atoms with Crippen molar-refractivity contribution < 1.29 is 5.11 Å². The molecule has 4 nitrogen and oxygen atoms in total. The van der Waals surface area contributed by atoms with Crippen molar-refractivity contribution >= 4 is 11.4 Å². The lowest BCUT2D eigenvalue weighted by molar-refractivity contribution is 0.444. The molecule has 0 radical (unpaired) electrons. The van der Waals surface area contributed by atoms with E-state index >= 15 is 0 Å². The summed E-state index contributed by atoms with van der Waals surface area (Å²) in [5.41, 5.74) is 10.6. The lowest BCUT2D eigenvalue weighted by atomic mass is 9.87. The van der Waals surface area contributed by atoms with E-state index in [1.807, 2.05) is 36.4 Å². The zero-order chi connectivity index (χ0) is 26.6. The van der Waals surface area contributed by atoms with Crippen LogP contribution in [0.15, 0.2) is 96.7 Å². The van der Waals surface area contributed by atoms with Gasteiger partial charge in [0.15, 0.2) is 5.82 Å². The van der Waals surface area contributed by atoms with E-state index in [4.69, 9.17) is 5.73 Å². The number of para-hydroxylation sites is 1. The molecule has 38 heavy (non-hydrogen) atoms. The Morgan fingerprint density at radius 1 is 0.737 bits per heavy atom. The number of anilines is 1. The van der Waals surface area contributed by atoms with E-state index < -0.39 is 0 Å². The molecule has 4 heteroatoms. The number of aromatic hydroxyl groups is 1. The third-order valence-corrected chi connectivity index (χ3v) is 7.61. The summed E-state index contributed by atoms with van der Waals surface area (Å²) in [5.74, 6) is 1.99. The van der Waals surface area contributed by atoms with E-state index in [1.165, 1.54) is 63.4 Å². The van der Waals surface area contributed by atoms with E-state index in [2.05, 4.69) is 59.7 Å². The Kier molecular flexibility index (Phi) is 10.3. The van der Waals surface area contributed by atoms with Crippen LogP contribution in [0.1, 0.15) is 70.3 Å². The third kappa shape index (κ3) is 7.92. The fourth-order valence-electron chi connectivity index (χ4n) is 5.36. The molecule has 1 fully saturated rings. The molecule has 0 aliphatic heterocycles. The normalized spacial score (nSPS) is 27.6. The van der Waals surface area contributed by atoms with E-state index in [1.54, 1.807) is 12.1 Å². The Bertz CT molecular complexity index is 1250. The van der Waals surface area contributed by atoms with Gasteiger partial charge in [-0.2, -0.15) is 0 Å². The van der Waals surface area contributed by atoms with Crippen LogP contribution < -0.4 is 5.73 Å². The van der Waals surface area contributed by atoms with Gasteiger partial charge in [0.2, 0.25) is 0 Å². The summed E-state index contributed by atoms with van der Waals surface area (Å²) in [5, 5.41) is 18.7. The predicted octanol–water partition coefficient (Wildman–Crippen LogP) is 8.76. The van der Waals surface area contributed by atoms with Crippen LogP contribution in [0.25, 0.3) is 16.8 Å². The zero-order valence-electron chi connectivity index (χ0n) is 22.6. The number of nitrogens with zero attached hydrogens (tertiary/aromatic N) is 2. The molecule has 0 bridgehead atoms. The molecule has 1 aromatic heterocycles. The van der Waals surface area contributed by atoms with Crippen molar-refractivity contribution in [1.82, 2.24) is 10.2 Å². The van der Waals surface area contributed by atoms with Crippen LogP contribution in [0, 0.1) is 11.8 Å². The lowest BCUT2D eigenvalue weighted by Crippen LogP contribution is -2.03. The second kappa shape index (κ2) is 14.3. The van der Waals surface area contributed by atoms with Crippen LogP contribution in [0.3, 0.4) is 0 Å². The van der Waals surface area contributed by atoms with Crippen molar-refractivity contribution in [1.29, 1.82) is 0 Å². The van der Waals surface area contributed by atoms with Gasteiger partial charge in [0.25, 0.3) is 0 Å². The van der Waals surface area contributed by atoms with Gasteiger partial charge in [0, 0.05) is 11.1 Å². The fourth-order valence-corrected chi connectivity index (χ4v) is 5.36. The maximum absolute atomic E-state index is 10.3. The maximum atomic E-state index is 10.3. The molecule has 2 aromatic rings. The van der Waals surface area contributed by atoms with Gasteiger partial charge >= 0.3 is 0 Å². The summed E-state index contributed by atoms with van der Waals surface area (Å²) in [4.78, 5) is 0. The molecule has 4 rings (SSSR count). The summed E-state index contributed by atoms with van der Waals surface area (Å²) in [6.45, 7) is 2.42. The van der Waals surface area contributed by atoms with Gasteiger partial charge in [0.05, 0.1) is 5.69 Å². The minimum Gasteiger partial charge on any atom is -0.507 e. The minimum atomic E-state index is 0.165. The first-order valence-electron chi connectivity index (χ1n) is 14.1. The van der Waals surface area contributed by atoms with Crippen LogP contribution in [0.4, 0.5) is 5.82 Å². The highest BCUT2D eigenvalue weighted by molar-refractivity contribution is 5.83. The monoisotopic (exact) mass is 507 g/mol. The highest BCUT2D eigenvalue weighted by Gasteiger charge is 2.14. The van der Waals surface area contributed by atoms with Crippen molar-refractivity contribution in [2.24, 2.45) is 11.8 Å². The van der Waals surface area contributed by atoms with Gasteiger partial charge in [-0.3, -0.25) is 0 Å². The second-order valence-corrected chi connectivity index (χ2v) is 10.5. The predicted molar refractivity (Wildman–Crippen MR) is 160 cm³/mol. The summed E-state index contributed by atoms with van der Waals surface area (Å²) in [6.07, 6.45) is 33.1. The van der Waals surface area contributed by atoms with Gasteiger partial charge in [-0.05, 0) is 54.0 Å². The van der Waals surface area contributed by atoms with Crippen LogP contribution >= 0.6 is 0 Å². The average Bonchev–Trinajstić information content (AvgIpc) is 2.96. The SMILES string of the molecule is CC1CCCCCC(C2=C/C=C\C=C/C=C(c3cc(-c4ccccc4O)nnc3N)\C=C/C=C\2)CCCC1. The number of phenols is 1. The Hall–Kier alpha value is -3.66. The van der Waals surface area contributed by atoms with E-state index in [-0.39, 0.29) is 5.75 Å². The molecule has 2 aliphatic rings. The second-order valence-electron chi connectivity index (χ2n) is 10.5. The van der Waals surface area contributed by atoms with Gasteiger partial charge in [-0.1, -0.05) is 125 Å². The van der Waals surface area contributed by atoms with Crippen molar-refractivity contribution in [2.45, 2.75) is 64.7 Å². The van der Waals surface area contributed by atoms with Crippen molar-refractivity contribution in [3.63, 3.8) is 0 Å². The van der Waals surface area contributed by atoms with Crippen molar-refractivity contribution in [2.75, 3.05) is 5.73 Å². The molecule has 3 N–H and O–H groups in total. The van der Waals surface area contributed by atoms with E-state index in [0.29, 0.717) is 23.0 Å². The van der Waals surface area contributed by atoms with Gasteiger partial charge < -0.3 is 10.8 Å². The number of hydrogen-bond donors (Lipinski definition) is 2. The zero-order valence-corrected chi connectivity index (χ0v) is 22.6. The van der Waals surface area contributed by atoms with Crippen LogP contribution in [0.2, 0.25) is 0 Å². The lowest BCUT2D eigenvalue weighted by Gasteiger charge is -2.18. The average molecular weight is 508 g/mol. The summed E-state index contributed by atoms with van der Waals surface area (Å²) >= 11 is 0. The molecule has 2 aliphatic carbocycles. The number of nitrogens with two attached hydrogens (primary N) is 1. The third-order valence-electron chi connectivity index (χ3n) is 7.61. The topological polar surface area (TPSA) is 72.0 Å². The number of allylic oxidation sites excluding steroid dienone is 12. The maximum Gasteiger partial charge on any atom is 0.154 e. The molecular formula is C34H41N3O. The standard InChI is InChI=1S/C34H41N3O/c1-26-15-5-4-8-18-28(19-10-9-16-26)27-17-6-2-3-7-21-29(22-12-11-20-27)31-25-32(36-37-34(31)35)30-23-13-14-24-33(30)38/h2-3,6-7,11-14,17,20-26,28,38H,4-5,8-10,15-16,18-19H2,1H3,(H2,35,37)/b3-2?,6-2-,7-3-,12-11?,17-6?,20-11-,21-7?,22-12-,27-17+,27-20?,29-21+,29-22?. The first-order chi connectivity index (χ1) is 18.6. The molecule has 2 atom stereocenters. The highest BCUT2D eigenvalue weighted by atomic mass is 16.3. The number of nitrogen functional groups attached to an aromatic ring is 1. The molecule has 2 unspecified atom stereocenters. The number of aromatic nitrogens is 2. The summed E-state index contributed by atoms with van der Waals surface area (Å²) in [7, 11) is 0. The van der Waals surface area contributed by atoms with Crippen LogP contribution in [-0.4, -0.2) is 15.3 Å². The van der Waals surface area contributed by atoms with Crippen LogP contribution in [0.5, 0.6) is 5.75 Å². The van der Waals surface area contributed by atoms with Crippen LogP contribution in [-0.2, 0) is 0 Å². The van der Waals surface area contributed by atoms with Crippen molar-refractivity contribution in [3.8, 4) is 17.0 Å². The first kappa shape index (κ1) is 27.4. The Balaban J connectivity index is 1.57. The number of rotatable bonds is 3. The number of phenolic OH excluding ortho intramolecular Hbond substituents is 1. The molecule has 0 saturated heterocycles. The van der Waals surface area contributed by atoms with Gasteiger partial charge in [0.1, 0.15) is 5.75 Å². The Morgan fingerprint density at radius 3 is 2.24 bits per heavy atom. The van der Waals surface area contributed by atoms with E-state index in [9.17, 15) is 5.11 Å². The molecule has 198 valence electrons. The quantitative estimate of drug-likeness (QED) is 0.435. The minimum absolute atomic E-state index is 0.165. The molecule has 1 heterocycles. The molecule has 0 spiro atoms. The van der Waals surface area contributed by atoms with Gasteiger partial charge in [-0.15, -0.1) is 10.2 Å². The molecule has 1 saturated carbocycles. The summed E-state index contributed by atoms with van der Waals surface area (Å²) in [6, 6.07) is 9.02.